The van der Waals surface area contributed by atoms with Crippen LogP contribution in [0.2, 0.25) is 0 Å². The normalized spacial score (nSPS) is 15.7. The molecule has 142 valence electrons. The van der Waals surface area contributed by atoms with Crippen LogP contribution in [0.15, 0.2) is 29.9 Å². The monoisotopic (exact) mass is 361 g/mol. The van der Waals surface area contributed by atoms with Crippen molar-refractivity contribution in [2.45, 2.75) is 39.5 Å². The number of aromatic nitrogens is 2. The fourth-order valence-corrected chi connectivity index (χ4v) is 2.76. The number of anilines is 1. The van der Waals surface area contributed by atoms with Crippen LogP contribution in [-0.2, 0) is 22.6 Å². The molecule has 1 unspecified atom stereocenters. The minimum atomic E-state index is -0.318. The number of fused-ring (bicyclic) bond motifs is 1. The summed E-state index contributed by atoms with van der Waals surface area (Å²) < 4.78 is 7.08. The van der Waals surface area contributed by atoms with Crippen molar-refractivity contribution in [3.05, 3.63) is 35.6 Å². The van der Waals surface area contributed by atoms with Gasteiger partial charge in [-0.1, -0.05) is 18.2 Å². The molecule has 0 saturated carbocycles. The van der Waals surface area contributed by atoms with Crippen molar-refractivity contribution in [3.63, 3.8) is 0 Å². The Morgan fingerprint density at radius 1 is 1.42 bits per heavy atom. The van der Waals surface area contributed by atoms with Crippen molar-refractivity contribution >= 4 is 17.8 Å². The fraction of sp³-hybridized carbons (Fsp3) is 0.500. The maximum Gasteiger partial charge on any atom is 0.320 e. The number of rotatable bonds is 6. The Labute approximate surface area is 153 Å². The summed E-state index contributed by atoms with van der Waals surface area (Å²) in [4.78, 5) is 25.9. The van der Waals surface area contributed by atoms with Crippen LogP contribution in [0.4, 0.5) is 10.6 Å². The van der Waals surface area contributed by atoms with Crippen molar-refractivity contribution in [1.82, 2.24) is 20.0 Å². The molecule has 0 radical (unpaired) electrons. The molecule has 26 heavy (non-hydrogen) atoms. The summed E-state index contributed by atoms with van der Waals surface area (Å²) >= 11 is 0. The lowest BCUT2D eigenvalue weighted by Crippen LogP contribution is -2.38. The molecule has 1 aromatic heterocycles. The van der Waals surface area contributed by atoms with E-state index in [2.05, 4.69) is 15.7 Å². The van der Waals surface area contributed by atoms with Gasteiger partial charge in [-0.3, -0.25) is 14.8 Å². The number of hydrogen-bond donors (Lipinski definition) is 2. The summed E-state index contributed by atoms with van der Waals surface area (Å²) in [7, 11) is 3.19. The molecular formula is C18H27N5O3. The molecule has 2 heterocycles. The number of nitrogens with zero attached hydrogens (tertiary/aromatic N) is 3. The van der Waals surface area contributed by atoms with Gasteiger partial charge in [0, 0.05) is 26.8 Å². The van der Waals surface area contributed by atoms with Crippen LogP contribution < -0.4 is 10.6 Å². The first-order valence-electron chi connectivity index (χ1n) is 8.66. The molecule has 0 spiro atoms. The van der Waals surface area contributed by atoms with Gasteiger partial charge in [-0.2, -0.15) is 5.10 Å². The molecule has 8 heteroatoms. The van der Waals surface area contributed by atoms with Gasteiger partial charge < -0.3 is 15.0 Å². The summed E-state index contributed by atoms with van der Waals surface area (Å²) in [6, 6.07) is 1.48. The lowest BCUT2D eigenvalue weighted by molar-refractivity contribution is -0.131. The van der Waals surface area contributed by atoms with E-state index < -0.39 is 0 Å². The maximum absolute atomic E-state index is 12.7. The SMILES string of the molecule is C/C=C\C(=C/C(C)OC)CC(=O)N1CCn2nc(NC(=O)NC)cc2C1. The highest BCUT2D eigenvalue weighted by Crippen LogP contribution is 2.19. The van der Waals surface area contributed by atoms with Gasteiger partial charge in [0.2, 0.25) is 5.91 Å². The molecule has 8 nitrogen and oxygen atoms in total. The number of urea groups is 1. The minimum absolute atomic E-state index is 0.0462. The van der Waals surface area contributed by atoms with Gasteiger partial charge in [0.25, 0.3) is 0 Å². The Balaban J connectivity index is 2.03. The van der Waals surface area contributed by atoms with Crippen molar-refractivity contribution < 1.29 is 14.3 Å². The number of methoxy groups -OCH3 is 1. The largest absolute Gasteiger partial charge is 0.378 e. The third-order valence-corrected chi connectivity index (χ3v) is 4.18. The smallest absolute Gasteiger partial charge is 0.320 e. The molecule has 0 aliphatic carbocycles. The number of carbonyl (C=O) groups excluding carboxylic acids is 2. The third kappa shape index (κ3) is 5.19. The average molecular weight is 361 g/mol. The predicted molar refractivity (Wildman–Crippen MR) is 99.7 cm³/mol. The molecule has 2 N–H and O–H groups in total. The highest BCUT2D eigenvalue weighted by Gasteiger charge is 2.23. The lowest BCUT2D eigenvalue weighted by atomic mass is 10.1. The number of allylic oxidation sites excluding steroid dienone is 2. The van der Waals surface area contributed by atoms with Crippen LogP contribution in [0.3, 0.4) is 0 Å². The molecule has 1 aliphatic heterocycles. The van der Waals surface area contributed by atoms with Crippen molar-refractivity contribution in [2.24, 2.45) is 0 Å². The number of carbonyl (C=O) groups is 2. The minimum Gasteiger partial charge on any atom is -0.378 e. The second-order valence-corrected chi connectivity index (χ2v) is 6.12. The van der Waals surface area contributed by atoms with Crippen LogP contribution in [0.25, 0.3) is 0 Å². The summed E-state index contributed by atoms with van der Waals surface area (Å²) in [5.74, 6) is 0.544. The van der Waals surface area contributed by atoms with E-state index in [1.807, 2.05) is 41.7 Å². The van der Waals surface area contributed by atoms with Crippen molar-refractivity contribution in [2.75, 3.05) is 26.0 Å². The van der Waals surface area contributed by atoms with E-state index >= 15 is 0 Å². The van der Waals surface area contributed by atoms with Crippen molar-refractivity contribution in [1.29, 1.82) is 0 Å². The second kappa shape index (κ2) is 9.19. The Kier molecular flexibility index (Phi) is 6.97. The topological polar surface area (TPSA) is 88.5 Å². The second-order valence-electron chi connectivity index (χ2n) is 6.12. The van der Waals surface area contributed by atoms with Gasteiger partial charge in [0.05, 0.1) is 31.3 Å². The van der Waals surface area contributed by atoms with E-state index in [-0.39, 0.29) is 18.0 Å². The van der Waals surface area contributed by atoms with Gasteiger partial charge in [-0.25, -0.2) is 4.79 Å². The van der Waals surface area contributed by atoms with Crippen LogP contribution in [0, 0.1) is 0 Å². The molecular weight excluding hydrogens is 334 g/mol. The zero-order valence-corrected chi connectivity index (χ0v) is 15.8. The first-order chi connectivity index (χ1) is 12.5. The first kappa shape index (κ1) is 19.7. The zero-order valence-electron chi connectivity index (χ0n) is 15.8. The molecule has 3 amide bonds. The molecule has 0 fully saturated rings. The first-order valence-corrected chi connectivity index (χ1v) is 8.66. The van der Waals surface area contributed by atoms with Crippen LogP contribution in [0.5, 0.6) is 0 Å². The summed E-state index contributed by atoms with van der Waals surface area (Å²) in [6.45, 7) is 5.54. The summed E-state index contributed by atoms with van der Waals surface area (Å²) in [6.07, 6.45) is 6.10. The Hall–Kier alpha value is -2.61. The molecule has 0 aromatic carbocycles. The zero-order chi connectivity index (χ0) is 19.1. The number of hydrogen-bond acceptors (Lipinski definition) is 4. The average Bonchev–Trinajstić information content (AvgIpc) is 3.02. The van der Waals surface area contributed by atoms with E-state index in [9.17, 15) is 9.59 Å². The summed E-state index contributed by atoms with van der Waals surface area (Å²) in [5.41, 5.74) is 1.84. The number of ether oxygens (including phenoxy) is 1. The molecule has 1 aromatic rings. The summed E-state index contributed by atoms with van der Waals surface area (Å²) in [5, 5.41) is 9.48. The van der Waals surface area contributed by atoms with E-state index in [4.69, 9.17) is 4.74 Å². The fourth-order valence-electron chi connectivity index (χ4n) is 2.76. The van der Waals surface area contributed by atoms with Gasteiger partial charge in [0.1, 0.15) is 0 Å². The van der Waals surface area contributed by atoms with Gasteiger partial charge in [-0.05, 0) is 19.4 Å². The Morgan fingerprint density at radius 2 is 2.19 bits per heavy atom. The van der Waals surface area contributed by atoms with E-state index in [0.29, 0.717) is 31.9 Å². The number of nitrogens with one attached hydrogen (secondary N) is 2. The van der Waals surface area contributed by atoms with Gasteiger partial charge >= 0.3 is 6.03 Å². The standard InChI is InChI=1S/C18H27N5O3/c1-5-6-14(9-13(2)26-4)10-17(24)22-7-8-23-15(12-22)11-16(21-23)20-18(25)19-3/h5-6,9,11,13H,7-8,10,12H2,1-4H3,(H2,19,20,21,25)/b6-5-,14-9+. The van der Waals surface area contributed by atoms with E-state index in [0.717, 1.165) is 11.3 Å². The maximum atomic E-state index is 12.7. The Bertz CT molecular complexity index is 708. The van der Waals surface area contributed by atoms with Crippen LogP contribution >= 0.6 is 0 Å². The van der Waals surface area contributed by atoms with Gasteiger partial charge in [0.15, 0.2) is 5.82 Å². The van der Waals surface area contributed by atoms with Crippen LogP contribution in [-0.4, -0.2) is 53.4 Å². The molecule has 1 aliphatic rings. The molecule has 1 atom stereocenters. The predicted octanol–water partition coefficient (Wildman–Crippen LogP) is 1.90. The highest BCUT2D eigenvalue weighted by atomic mass is 16.5. The molecule has 2 rings (SSSR count). The Morgan fingerprint density at radius 3 is 2.85 bits per heavy atom. The number of amides is 3. The van der Waals surface area contributed by atoms with E-state index in [1.54, 1.807) is 20.2 Å². The highest BCUT2D eigenvalue weighted by molar-refractivity contribution is 5.88. The molecule has 0 bridgehead atoms. The van der Waals surface area contributed by atoms with Crippen LogP contribution in [0.1, 0.15) is 26.0 Å². The van der Waals surface area contributed by atoms with E-state index in [1.165, 1.54) is 0 Å². The van der Waals surface area contributed by atoms with Gasteiger partial charge in [-0.15, -0.1) is 0 Å². The lowest BCUT2D eigenvalue weighted by Gasteiger charge is -2.28. The van der Waals surface area contributed by atoms with Crippen molar-refractivity contribution in [3.8, 4) is 0 Å². The quantitative estimate of drug-likeness (QED) is 0.758. The third-order valence-electron chi connectivity index (χ3n) is 4.18. The molecule has 0 saturated heterocycles.